The van der Waals surface area contributed by atoms with E-state index in [4.69, 9.17) is 4.74 Å². The van der Waals surface area contributed by atoms with Crippen molar-refractivity contribution < 1.29 is 4.74 Å². The predicted molar refractivity (Wildman–Crippen MR) is 80.7 cm³/mol. The average Bonchev–Trinajstić information content (AvgIpc) is 2.83. The van der Waals surface area contributed by atoms with Crippen LogP contribution in [0.3, 0.4) is 0 Å². The first-order valence-corrected chi connectivity index (χ1v) is 8.06. The maximum absolute atomic E-state index is 6.11. The van der Waals surface area contributed by atoms with Crippen molar-refractivity contribution in [3.05, 3.63) is 35.4 Å². The smallest absolute Gasteiger partial charge is 0.0914 e. The summed E-state index contributed by atoms with van der Waals surface area (Å²) in [5.74, 6) is 0.810. The van der Waals surface area contributed by atoms with Gasteiger partial charge in [0.25, 0.3) is 0 Å². The summed E-state index contributed by atoms with van der Waals surface area (Å²) >= 11 is 2.43. The number of aryl methyl sites for hydroxylation is 1. The van der Waals surface area contributed by atoms with Crippen molar-refractivity contribution in [3.63, 3.8) is 0 Å². The minimum Gasteiger partial charge on any atom is -0.372 e. The predicted octanol–water partition coefficient (Wildman–Crippen LogP) is 4.68. The molecule has 17 heavy (non-hydrogen) atoms. The molecule has 0 radical (unpaired) electrons. The van der Waals surface area contributed by atoms with Gasteiger partial charge >= 0.3 is 0 Å². The van der Waals surface area contributed by atoms with E-state index in [1.165, 1.54) is 36.8 Å². The van der Waals surface area contributed by atoms with E-state index in [9.17, 15) is 0 Å². The molecule has 0 N–H and O–H groups in total. The normalized spacial score (nSPS) is 18.5. The Labute approximate surface area is 118 Å². The van der Waals surface area contributed by atoms with E-state index in [1.54, 1.807) is 0 Å². The fourth-order valence-corrected chi connectivity index (χ4v) is 3.29. The molecule has 2 heteroatoms. The second-order valence-electron chi connectivity index (χ2n) is 5.04. The van der Waals surface area contributed by atoms with Gasteiger partial charge in [-0.05, 0) is 31.2 Å². The van der Waals surface area contributed by atoms with Gasteiger partial charge in [-0.15, -0.1) is 0 Å². The lowest BCUT2D eigenvalue weighted by Gasteiger charge is -2.19. The molecule has 1 fully saturated rings. The van der Waals surface area contributed by atoms with Crippen LogP contribution in [-0.4, -0.2) is 11.0 Å². The van der Waals surface area contributed by atoms with Crippen molar-refractivity contribution in [3.8, 4) is 0 Å². The Morgan fingerprint density at radius 1 is 1.35 bits per heavy atom. The number of hydrogen-bond donors (Lipinski definition) is 0. The van der Waals surface area contributed by atoms with Crippen molar-refractivity contribution in [2.75, 3.05) is 11.0 Å². The standard InChI is InChI=1S/C15H21IO/c1-12-5-4-8-14(9-12)15(10-16)17-11-13-6-2-3-7-13/h4-5,8-9,13,15H,2-3,6-7,10-11H2,1H3. The van der Waals surface area contributed by atoms with E-state index in [-0.39, 0.29) is 6.10 Å². The molecule has 0 spiro atoms. The number of hydrogen-bond acceptors (Lipinski definition) is 1. The number of benzene rings is 1. The molecule has 1 aromatic carbocycles. The monoisotopic (exact) mass is 344 g/mol. The summed E-state index contributed by atoms with van der Waals surface area (Å²) in [5.41, 5.74) is 2.65. The molecule has 1 unspecified atom stereocenters. The molecule has 0 saturated heterocycles. The highest BCUT2D eigenvalue weighted by atomic mass is 127. The van der Waals surface area contributed by atoms with Gasteiger partial charge in [0.05, 0.1) is 12.7 Å². The highest BCUT2D eigenvalue weighted by molar-refractivity contribution is 14.1. The third kappa shape index (κ3) is 3.95. The number of ether oxygens (including phenoxy) is 1. The van der Waals surface area contributed by atoms with Crippen LogP contribution in [0.5, 0.6) is 0 Å². The molecular formula is C15H21IO. The number of alkyl halides is 1. The van der Waals surface area contributed by atoms with Gasteiger partial charge in [0.1, 0.15) is 0 Å². The lowest BCUT2D eigenvalue weighted by atomic mass is 10.1. The van der Waals surface area contributed by atoms with Crippen LogP contribution in [0.15, 0.2) is 24.3 Å². The van der Waals surface area contributed by atoms with E-state index in [1.807, 2.05) is 0 Å². The number of rotatable bonds is 5. The molecule has 1 aliphatic rings. The zero-order chi connectivity index (χ0) is 12.1. The fourth-order valence-electron chi connectivity index (χ4n) is 2.53. The first-order valence-electron chi connectivity index (χ1n) is 6.53. The van der Waals surface area contributed by atoms with Gasteiger partial charge in [0, 0.05) is 4.43 Å². The van der Waals surface area contributed by atoms with Crippen LogP contribution in [0.2, 0.25) is 0 Å². The highest BCUT2D eigenvalue weighted by Gasteiger charge is 2.18. The first-order chi connectivity index (χ1) is 8.29. The van der Waals surface area contributed by atoms with Gasteiger partial charge in [-0.2, -0.15) is 0 Å². The molecule has 2 rings (SSSR count). The second-order valence-corrected chi connectivity index (χ2v) is 5.92. The van der Waals surface area contributed by atoms with Crippen LogP contribution in [0, 0.1) is 12.8 Å². The van der Waals surface area contributed by atoms with Crippen LogP contribution < -0.4 is 0 Å². The summed E-state index contributed by atoms with van der Waals surface area (Å²) in [6.07, 6.45) is 5.79. The Morgan fingerprint density at radius 2 is 2.12 bits per heavy atom. The zero-order valence-electron chi connectivity index (χ0n) is 10.5. The minimum atomic E-state index is 0.274. The average molecular weight is 344 g/mol. The maximum atomic E-state index is 6.11. The van der Waals surface area contributed by atoms with Crippen molar-refractivity contribution in [1.29, 1.82) is 0 Å². The molecule has 1 saturated carbocycles. The van der Waals surface area contributed by atoms with E-state index >= 15 is 0 Å². The van der Waals surface area contributed by atoms with E-state index in [0.717, 1.165) is 17.0 Å². The van der Waals surface area contributed by atoms with Gasteiger partial charge in [0.15, 0.2) is 0 Å². The van der Waals surface area contributed by atoms with Crippen molar-refractivity contribution in [2.45, 2.75) is 38.7 Å². The maximum Gasteiger partial charge on any atom is 0.0914 e. The van der Waals surface area contributed by atoms with Crippen molar-refractivity contribution in [2.24, 2.45) is 5.92 Å². The number of halogens is 1. The Morgan fingerprint density at radius 3 is 2.76 bits per heavy atom. The summed E-state index contributed by atoms with van der Waals surface area (Å²) in [6, 6.07) is 8.70. The Bertz CT molecular complexity index is 345. The summed E-state index contributed by atoms with van der Waals surface area (Å²) in [4.78, 5) is 0. The first kappa shape index (κ1) is 13.3. The summed E-state index contributed by atoms with van der Waals surface area (Å²) in [6.45, 7) is 3.09. The fraction of sp³-hybridized carbons (Fsp3) is 0.600. The van der Waals surface area contributed by atoms with Crippen molar-refractivity contribution >= 4 is 22.6 Å². The minimum absolute atomic E-state index is 0.274. The summed E-state index contributed by atoms with van der Waals surface area (Å²) in [7, 11) is 0. The summed E-state index contributed by atoms with van der Waals surface area (Å²) < 4.78 is 7.14. The molecule has 0 aromatic heterocycles. The van der Waals surface area contributed by atoms with Gasteiger partial charge in [-0.3, -0.25) is 0 Å². The third-order valence-corrected chi connectivity index (χ3v) is 4.36. The van der Waals surface area contributed by atoms with Gasteiger partial charge < -0.3 is 4.74 Å². The van der Waals surface area contributed by atoms with Crippen LogP contribution in [-0.2, 0) is 4.74 Å². The molecule has 0 aliphatic heterocycles. The molecule has 1 aliphatic carbocycles. The molecule has 1 nitrogen and oxygen atoms in total. The lowest BCUT2D eigenvalue weighted by Crippen LogP contribution is -2.12. The molecule has 0 bridgehead atoms. The molecule has 94 valence electrons. The topological polar surface area (TPSA) is 9.23 Å². The Kier molecular flexibility index (Phi) is 5.29. The largest absolute Gasteiger partial charge is 0.372 e. The lowest BCUT2D eigenvalue weighted by molar-refractivity contribution is 0.0454. The van der Waals surface area contributed by atoms with Crippen molar-refractivity contribution in [1.82, 2.24) is 0 Å². The van der Waals surface area contributed by atoms with Crippen LogP contribution in [0.1, 0.15) is 42.9 Å². The highest BCUT2D eigenvalue weighted by Crippen LogP contribution is 2.28. The van der Waals surface area contributed by atoms with E-state index in [2.05, 4.69) is 53.8 Å². The molecule has 0 amide bonds. The zero-order valence-corrected chi connectivity index (χ0v) is 12.7. The quantitative estimate of drug-likeness (QED) is 0.557. The van der Waals surface area contributed by atoms with E-state index in [0.29, 0.717) is 0 Å². The van der Waals surface area contributed by atoms with Gasteiger partial charge in [-0.25, -0.2) is 0 Å². The van der Waals surface area contributed by atoms with Crippen LogP contribution in [0.25, 0.3) is 0 Å². The molecular weight excluding hydrogens is 323 g/mol. The van der Waals surface area contributed by atoms with Crippen LogP contribution >= 0.6 is 22.6 Å². The molecule has 0 heterocycles. The SMILES string of the molecule is Cc1cccc(C(CI)OCC2CCCC2)c1. The Balaban J connectivity index is 1.91. The van der Waals surface area contributed by atoms with Gasteiger partial charge in [-0.1, -0.05) is 65.3 Å². The van der Waals surface area contributed by atoms with Crippen LogP contribution in [0.4, 0.5) is 0 Å². The second kappa shape index (κ2) is 6.74. The van der Waals surface area contributed by atoms with Gasteiger partial charge in [0.2, 0.25) is 0 Å². The third-order valence-electron chi connectivity index (χ3n) is 3.56. The molecule has 1 atom stereocenters. The van der Waals surface area contributed by atoms with E-state index < -0.39 is 0 Å². The summed E-state index contributed by atoms with van der Waals surface area (Å²) in [5, 5.41) is 0. The Hall–Kier alpha value is -0.0900. The molecule has 1 aromatic rings.